The quantitative estimate of drug-likeness (QED) is 0.508. The molecule has 0 saturated carbocycles. The van der Waals surface area contributed by atoms with Crippen molar-refractivity contribution in [3.8, 4) is 0 Å². The largest absolute Gasteiger partial charge is 0.416 e. The summed E-state index contributed by atoms with van der Waals surface area (Å²) in [6.45, 7) is -0.605. The monoisotopic (exact) mass is 542 g/mol. The number of hydrogen-bond acceptors (Lipinski definition) is 6. The van der Waals surface area contributed by atoms with Gasteiger partial charge in [0, 0.05) is 37.3 Å². The third-order valence-corrected chi connectivity index (χ3v) is 6.41. The van der Waals surface area contributed by atoms with Gasteiger partial charge in [-0.2, -0.15) is 18.3 Å². The molecule has 0 radical (unpaired) electrons. The lowest BCUT2D eigenvalue weighted by molar-refractivity contribution is -0.236. The molecule has 37 heavy (non-hydrogen) atoms. The number of nitrogens with zero attached hydrogens (tertiary/aromatic N) is 5. The van der Waals surface area contributed by atoms with Crippen LogP contribution in [-0.4, -0.2) is 81.4 Å². The first-order valence-electron chi connectivity index (χ1n) is 11.2. The molecule has 1 aromatic carbocycles. The highest BCUT2D eigenvalue weighted by atomic mass is 35.5. The fourth-order valence-corrected chi connectivity index (χ4v) is 4.50. The van der Waals surface area contributed by atoms with Crippen LogP contribution in [0.1, 0.15) is 22.0 Å². The van der Waals surface area contributed by atoms with Gasteiger partial charge in [-0.05, 0) is 24.3 Å². The summed E-state index contributed by atoms with van der Waals surface area (Å²) in [5, 5.41) is 4.69. The lowest BCUT2D eigenvalue weighted by Crippen LogP contribution is -2.51. The SMILES string of the molecule is Cl.Nc1cc(C(=O)N2CC(c3nn(CC(=O)N4CCO[C@@H](C(F)(F)F)C4)c4cccc(F)c34)C2)ccn1. The summed E-state index contributed by atoms with van der Waals surface area (Å²) < 4.78 is 60.0. The zero-order valence-electron chi connectivity index (χ0n) is 19.3. The molecule has 2 amide bonds. The predicted octanol–water partition coefficient (Wildman–Crippen LogP) is 2.60. The molecule has 2 aliphatic heterocycles. The maximum Gasteiger partial charge on any atom is 0.416 e. The molecular formula is C23H23ClF4N6O3. The summed E-state index contributed by atoms with van der Waals surface area (Å²) in [6, 6.07) is 7.37. The van der Waals surface area contributed by atoms with Crippen molar-refractivity contribution in [3.05, 3.63) is 53.6 Å². The molecule has 2 fully saturated rings. The molecule has 2 aromatic heterocycles. The highest BCUT2D eigenvalue weighted by Crippen LogP contribution is 2.34. The highest BCUT2D eigenvalue weighted by molar-refractivity contribution is 5.95. The summed E-state index contributed by atoms with van der Waals surface area (Å²) in [6.07, 6.45) is -5.19. The van der Waals surface area contributed by atoms with Gasteiger partial charge in [-0.1, -0.05) is 6.07 Å². The van der Waals surface area contributed by atoms with Crippen LogP contribution in [-0.2, 0) is 16.1 Å². The molecule has 9 nitrogen and oxygen atoms in total. The molecule has 0 spiro atoms. The number of benzene rings is 1. The van der Waals surface area contributed by atoms with Gasteiger partial charge in [-0.15, -0.1) is 12.4 Å². The molecule has 5 rings (SSSR count). The van der Waals surface area contributed by atoms with E-state index in [1.54, 1.807) is 17.0 Å². The Kier molecular flexibility index (Phi) is 7.29. The van der Waals surface area contributed by atoms with Crippen LogP contribution in [0, 0.1) is 5.82 Å². The van der Waals surface area contributed by atoms with Gasteiger partial charge < -0.3 is 20.3 Å². The Bertz CT molecular complexity index is 1330. The number of rotatable bonds is 4. The lowest BCUT2D eigenvalue weighted by atomic mass is 9.93. The van der Waals surface area contributed by atoms with Gasteiger partial charge in [0.25, 0.3) is 5.91 Å². The molecule has 198 valence electrons. The van der Waals surface area contributed by atoms with E-state index in [-0.39, 0.29) is 68.2 Å². The van der Waals surface area contributed by atoms with Crippen molar-refractivity contribution >= 4 is 40.9 Å². The van der Waals surface area contributed by atoms with Crippen molar-refractivity contribution in [2.75, 3.05) is 38.5 Å². The van der Waals surface area contributed by atoms with Gasteiger partial charge in [-0.3, -0.25) is 14.3 Å². The second-order valence-corrected chi connectivity index (χ2v) is 8.79. The van der Waals surface area contributed by atoms with E-state index in [0.29, 0.717) is 16.8 Å². The van der Waals surface area contributed by atoms with Crippen LogP contribution >= 0.6 is 12.4 Å². The number of nitrogen functional groups attached to an aromatic ring is 1. The molecule has 0 aliphatic carbocycles. The molecular weight excluding hydrogens is 520 g/mol. The standard InChI is InChI=1S/C23H22F4N6O3.ClH/c24-15-2-1-3-16-20(15)21(14-9-32(10-14)22(35)13-4-5-29-18(28)8-13)30-33(16)12-19(34)31-6-7-36-17(11-31)23(25,26)27;/h1-5,8,14,17H,6-7,9-12H2,(H2,28,29);1H/t17-;/m1./s1. The summed E-state index contributed by atoms with van der Waals surface area (Å²) in [5.41, 5.74) is 6.78. The Morgan fingerprint density at radius 1 is 1.14 bits per heavy atom. The predicted molar refractivity (Wildman–Crippen MR) is 127 cm³/mol. The minimum absolute atomic E-state index is 0. The van der Waals surface area contributed by atoms with Gasteiger partial charge in [0.2, 0.25) is 5.91 Å². The first-order chi connectivity index (χ1) is 17.1. The van der Waals surface area contributed by atoms with Crippen molar-refractivity contribution in [1.29, 1.82) is 0 Å². The molecule has 14 heteroatoms. The minimum atomic E-state index is -4.58. The van der Waals surface area contributed by atoms with E-state index >= 15 is 0 Å². The first kappa shape index (κ1) is 26.6. The highest BCUT2D eigenvalue weighted by Gasteiger charge is 2.44. The number of carbonyl (C=O) groups excluding carboxylic acids is 2. The van der Waals surface area contributed by atoms with Gasteiger partial charge in [0.05, 0.1) is 29.7 Å². The number of amides is 2. The van der Waals surface area contributed by atoms with Crippen molar-refractivity contribution in [3.63, 3.8) is 0 Å². The number of carbonyl (C=O) groups is 2. The maximum atomic E-state index is 14.8. The van der Waals surface area contributed by atoms with Crippen molar-refractivity contribution < 1.29 is 31.9 Å². The van der Waals surface area contributed by atoms with E-state index in [2.05, 4.69) is 10.1 Å². The van der Waals surface area contributed by atoms with E-state index in [9.17, 15) is 27.2 Å². The fourth-order valence-electron chi connectivity index (χ4n) is 4.50. The molecule has 2 aliphatic rings. The summed E-state index contributed by atoms with van der Waals surface area (Å²) in [5.74, 6) is -1.41. The number of alkyl halides is 3. The first-order valence-corrected chi connectivity index (χ1v) is 11.2. The minimum Gasteiger partial charge on any atom is -0.384 e. The van der Waals surface area contributed by atoms with Crippen LogP contribution in [0.2, 0.25) is 0 Å². The van der Waals surface area contributed by atoms with Crippen LogP contribution in [0.5, 0.6) is 0 Å². The number of anilines is 1. The van der Waals surface area contributed by atoms with Crippen molar-refractivity contribution in [1.82, 2.24) is 24.6 Å². The molecule has 4 heterocycles. The van der Waals surface area contributed by atoms with Gasteiger partial charge >= 0.3 is 6.18 Å². The van der Waals surface area contributed by atoms with Crippen LogP contribution in [0.4, 0.5) is 23.4 Å². The van der Waals surface area contributed by atoms with E-state index < -0.39 is 30.5 Å². The number of fused-ring (bicyclic) bond motifs is 1. The third-order valence-electron chi connectivity index (χ3n) is 6.41. The number of halogens is 5. The Balaban J connectivity index is 0.00000320. The van der Waals surface area contributed by atoms with Crippen molar-refractivity contribution in [2.24, 2.45) is 0 Å². The number of likely N-dealkylation sites (tertiary alicyclic amines) is 1. The Labute approximate surface area is 214 Å². The third kappa shape index (κ3) is 5.18. The summed E-state index contributed by atoms with van der Waals surface area (Å²) >= 11 is 0. The molecule has 3 aromatic rings. The number of hydrogen-bond donors (Lipinski definition) is 1. The van der Waals surface area contributed by atoms with Crippen LogP contribution in [0.3, 0.4) is 0 Å². The molecule has 0 unspecified atom stereocenters. The molecule has 2 N–H and O–H groups in total. The molecule has 0 bridgehead atoms. The fraction of sp³-hybridized carbons (Fsp3) is 0.391. The average Bonchev–Trinajstić information content (AvgIpc) is 3.16. The average molecular weight is 543 g/mol. The number of pyridine rings is 1. The lowest BCUT2D eigenvalue weighted by Gasteiger charge is -2.38. The summed E-state index contributed by atoms with van der Waals surface area (Å²) in [7, 11) is 0. The maximum absolute atomic E-state index is 14.8. The number of aromatic nitrogens is 3. The Morgan fingerprint density at radius 3 is 2.59 bits per heavy atom. The number of ether oxygens (including phenoxy) is 1. The zero-order chi connectivity index (χ0) is 25.6. The van der Waals surface area contributed by atoms with E-state index in [1.165, 1.54) is 29.1 Å². The van der Waals surface area contributed by atoms with Crippen LogP contribution in [0.15, 0.2) is 36.5 Å². The topological polar surface area (TPSA) is 107 Å². The normalized spacial score (nSPS) is 18.4. The molecule has 2 saturated heterocycles. The summed E-state index contributed by atoms with van der Waals surface area (Å²) in [4.78, 5) is 32.1. The van der Waals surface area contributed by atoms with E-state index in [1.807, 2.05) is 0 Å². The van der Waals surface area contributed by atoms with Crippen LogP contribution in [0.25, 0.3) is 10.9 Å². The molecule has 1 atom stereocenters. The van der Waals surface area contributed by atoms with E-state index in [4.69, 9.17) is 10.5 Å². The zero-order valence-corrected chi connectivity index (χ0v) is 20.1. The number of nitrogens with two attached hydrogens (primary N) is 1. The Morgan fingerprint density at radius 2 is 1.89 bits per heavy atom. The van der Waals surface area contributed by atoms with Crippen molar-refractivity contribution in [2.45, 2.75) is 24.7 Å². The van der Waals surface area contributed by atoms with Gasteiger partial charge in [0.1, 0.15) is 18.2 Å². The Hall–Kier alpha value is -3.45. The van der Waals surface area contributed by atoms with Gasteiger partial charge in [0.15, 0.2) is 6.10 Å². The smallest absolute Gasteiger partial charge is 0.384 e. The van der Waals surface area contributed by atoms with Gasteiger partial charge in [-0.25, -0.2) is 9.37 Å². The number of morpholine rings is 1. The van der Waals surface area contributed by atoms with E-state index in [0.717, 1.165) is 4.90 Å². The van der Waals surface area contributed by atoms with Crippen LogP contribution < -0.4 is 5.73 Å². The second-order valence-electron chi connectivity index (χ2n) is 8.79. The second kappa shape index (κ2) is 10.1.